The fourth-order valence-corrected chi connectivity index (χ4v) is 1.82. The Balaban J connectivity index is 1.96. The number of β-amino-alcohol motifs (C(OH)–C–C–N with tert-alkyl or cyclic N) is 1. The topological polar surface area (TPSA) is 70.4 Å². The molecule has 0 bridgehead atoms. The number of aryl methyl sites for hydroxylation is 2. The molecule has 2 N–H and O–H groups in total. The molecule has 1 aromatic heterocycles. The number of carbonyl (C=O) groups excluding carboxylic acids is 1. The summed E-state index contributed by atoms with van der Waals surface area (Å²) >= 11 is 0. The van der Waals surface area contributed by atoms with Crippen LogP contribution in [0.25, 0.3) is 0 Å². The van der Waals surface area contributed by atoms with Crippen molar-refractivity contribution in [1.29, 1.82) is 0 Å². The zero-order valence-electron chi connectivity index (χ0n) is 10.3. The molecule has 1 aliphatic rings. The number of alkyl halides is 3. The third kappa shape index (κ3) is 2.37. The Morgan fingerprint density at radius 3 is 2.53 bits per heavy atom. The molecule has 6 nitrogen and oxygen atoms in total. The predicted octanol–water partition coefficient (Wildman–Crippen LogP) is 0.869. The number of amides is 2. The molecule has 0 spiro atoms. The van der Waals surface area contributed by atoms with E-state index in [1.165, 1.54) is 4.68 Å². The first kappa shape index (κ1) is 13.7. The van der Waals surface area contributed by atoms with Crippen LogP contribution >= 0.6 is 0 Å². The van der Waals surface area contributed by atoms with Gasteiger partial charge in [-0.15, -0.1) is 0 Å². The molecule has 0 saturated carbocycles. The van der Waals surface area contributed by atoms with Gasteiger partial charge in [0.2, 0.25) is 0 Å². The minimum absolute atomic E-state index is 0.287. The highest BCUT2D eigenvalue weighted by Crippen LogP contribution is 2.37. The van der Waals surface area contributed by atoms with Crippen molar-refractivity contribution in [3.63, 3.8) is 0 Å². The van der Waals surface area contributed by atoms with E-state index in [0.717, 1.165) is 4.90 Å². The molecule has 1 saturated heterocycles. The molecule has 1 fully saturated rings. The fraction of sp³-hybridized carbons (Fsp3) is 0.600. The van der Waals surface area contributed by atoms with E-state index >= 15 is 0 Å². The van der Waals surface area contributed by atoms with Crippen molar-refractivity contribution >= 4 is 11.8 Å². The molecule has 2 heterocycles. The predicted molar refractivity (Wildman–Crippen MR) is 59.5 cm³/mol. The maximum atomic E-state index is 12.4. The number of rotatable bonds is 1. The maximum absolute atomic E-state index is 12.4. The molecular formula is C10H13F3N4O2. The van der Waals surface area contributed by atoms with Crippen LogP contribution in [-0.4, -0.2) is 50.7 Å². The Morgan fingerprint density at radius 1 is 1.53 bits per heavy atom. The van der Waals surface area contributed by atoms with Crippen LogP contribution < -0.4 is 5.32 Å². The highest BCUT2D eigenvalue weighted by atomic mass is 19.4. The van der Waals surface area contributed by atoms with Gasteiger partial charge < -0.3 is 10.0 Å². The number of aromatic nitrogens is 2. The fourth-order valence-electron chi connectivity index (χ4n) is 1.82. The lowest BCUT2D eigenvalue weighted by Crippen LogP contribution is -2.70. The van der Waals surface area contributed by atoms with Crippen molar-refractivity contribution < 1.29 is 23.1 Å². The van der Waals surface area contributed by atoms with E-state index in [1.54, 1.807) is 20.2 Å². The Labute approximate surface area is 106 Å². The van der Waals surface area contributed by atoms with E-state index in [9.17, 15) is 23.1 Å². The summed E-state index contributed by atoms with van der Waals surface area (Å²) in [7, 11) is 1.66. The first-order chi connectivity index (χ1) is 8.62. The van der Waals surface area contributed by atoms with Gasteiger partial charge in [0.05, 0.1) is 13.1 Å². The Hall–Kier alpha value is -1.77. The van der Waals surface area contributed by atoms with Crippen molar-refractivity contribution in [2.24, 2.45) is 7.05 Å². The third-order valence-corrected chi connectivity index (χ3v) is 2.96. The number of carbonyl (C=O) groups is 1. The Bertz CT molecular complexity index is 505. The van der Waals surface area contributed by atoms with Gasteiger partial charge in [0.25, 0.3) is 0 Å². The number of urea groups is 1. The molecular weight excluding hydrogens is 265 g/mol. The van der Waals surface area contributed by atoms with Crippen molar-refractivity contribution in [3.8, 4) is 0 Å². The summed E-state index contributed by atoms with van der Waals surface area (Å²) in [4.78, 5) is 12.5. The van der Waals surface area contributed by atoms with Crippen molar-refractivity contribution in [2.75, 3.05) is 18.4 Å². The molecule has 106 valence electrons. The van der Waals surface area contributed by atoms with E-state index in [0.29, 0.717) is 5.56 Å². The molecule has 0 unspecified atom stereocenters. The number of aliphatic hydroxyl groups is 1. The first-order valence-corrected chi connectivity index (χ1v) is 5.48. The number of anilines is 1. The van der Waals surface area contributed by atoms with E-state index in [1.807, 2.05) is 0 Å². The van der Waals surface area contributed by atoms with Gasteiger partial charge in [0.15, 0.2) is 11.4 Å². The zero-order chi connectivity index (χ0) is 14.4. The van der Waals surface area contributed by atoms with Gasteiger partial charge in [-0.25, -0.2) is 4.79 Å². The molecule has 9 heteroatoms. The summed E-state index contributed by atoms with van der Waals surface area (Å²) < 4.78 is 38.7. The normalized spacial score (nSPS) is 18.1. The largest absolute Gasteiger partial charge is 0.420 e. The zero-order valence-corrected chi connectivity index (χ0v) is 10.3. The van der Waals surface area contributed by atoms with Crippen LogP contribution in [0.3, 0.4) is 0 Å². The average Bonchev–Trinajstić information content (AvgIpc) is 2.50. The highest BCUT2D eigenvalue weighted by Gasteiger charge is 2.62. The second kappa shape index (κ2) is 4.12. The highest BCUT2D eigenvalue weighted by molar-refractivity contribution is 5.89. The van der Waals surface area contributed by atoms with Gasteiger partial charge in [0, 0.05) is 18.8 Å². The first-order valence-electron chi connectivity index (χ1n) is 5.48. The van der Waals surface area contributed by atoms with Crippen LogP contribution in [0.2, 0.25) is 0 Å². The number of likely N-dealkylation sites (tertiary alicyclic amines) is 1. The molecule has 0 atom stereocenters. The molecule has 2 amide bonds. The molecule has 2 rings (SSSR count). The smallest absolute Gasteiger partial charge is 0.378 e. The van der Waals surface area contributed by atoms with Gasteiger partial charge in [-0.3, -0.25) is 10.00 Å². The van der Waals surface area contributed by atoms with Crippen LogP contribution in [-0.2, 0) is 7.05 Å². The second-order valence-corrected chi connectivity index (χ2v) is 4.65. The van der Waals surface area contributed by atoms with Crippen LogP contribution in [0, 0.1) is 6.92 Å². The van der Waals surface area contributed by atoms with Crippen LogP contribution in [0.1, 0.15) is 5.56 Å². The number of halogens is 3. The summed E-state index contributed by atoms with van der Waals surface area (Å²) in [6.07, 6.45) is -3.07. The molecule has 1 aliphatic heterocycles. The van der Waals surface area contributed by atoms with Gasteiger partial charge in [-0.1, -0.05) is 0 Å². The molecule has 1 aromatic rings. The lowest BCUT2D eigenvalue weighted by molar-refractivity contribution is -0.293. The second-order valence-electron chi connectivity index (χ2n) is 4.65. The summed E-state index contributed by atoms with van der Waals surface area (Å²) in [6.45, 7) is 0.174. The van der Waals surface area contributed by atoms with Gasteiger partial charge in [-0.05, 0) is 6.92 Å². The van der Waals surface area contributed by atoms with Crippen molar-refractivity contribution in [3.05, 3.63) is 11.8 Å². The summed E-state index contributed by atoms with van der Waals surface area (Å²) in [6, 6.07) is -0.712. The van der Waals surface area contributed by atoms with Crippen molar-refractivity contribution in [1.82, 2.24) is 14.7 Å². The maximum Gasteiger partial charge on any atom is 0.420 e. The van der Waals surface area contributed by atoms with E-state index in [-0.39, 0.29) is 5.82 Å². The minimum Gasteiger partial charge on any atom is -0.378 e. The van der Waals surface area contributed by atoms with Crippen LogP contribution in [0.15, 0.2) is 6.20 Å². The number of hydrogen-bond donors (Lipinski definition) is 2. The number of hydrogen-bond acceptors (Lipinski definition) is 3. The number of nitrogens with zero attached hydrogens (tertiary/aromatic N) is 3. The van der Waals surface area contributed by atoms with Gasteiger partial charge in [-0.2, -0.15) is 18.3 Å². The third-order valence-electron chi connectivity index (χ3n) is 2.96. The SMILES string of the molecule is Cc1cn(C)nc1NC(=O)N1CC(O)(C(F)(F)F)C1. The van der Waals surface area contributed by atoms with Crippen LogP contribution in [0.4, 0.5) is 23.8 Å². The van der Waals surface area contributed by atoms with E-state index in [4.69, 9.17) is 0 Å². The summed E-state index contributed by atoms with van der Waals surface area (Å²) in [5.41, 5.74) is -2.11. The van der Waals surface area contributed by atoms with Crippen molar-refractivity contribution in [2.45, 2.75) is 18.7 Å². The Kier molecular flexibility index (Phi) is 2.96. The minimum atomic E-state index is -4.73. The quantitative estimate of drug-likeness (QED) is 0.800. The average molecular weight is 278 g/mol. The lowest BCUT2D eigenvalue weighted by atomic mass is 9.94. The monoisotopic (exact) mass is 278 g/mol. The molecule has 19 heavy (non-hydrogen) atoms. The molecule has 0 aliphatic carbocycles. The van der Waals surface area contributed by atoms with E-state index in [2.05, 4.69) is 10.4 Å². The Morgan fingerprint density at radius 2 is 2.11 bits per heavy atom. The summed E-state index contributed by atoms with van der Waals surface area (Å²) in [5, 5.41) is 15.6. The van der Waals surface area contributed by atoms with Gasteiger partial charge >= 0.3 is 12.2 Å². The van der Waals surface area contributed by atoms with Gasteiger partial charge in [0.1, 0.15) is 0 Å². The summed E-state index contributed by atoms with van der Waals surface area (Å²) in [5.74, 6) is 0.287. The number of nitrogens with one attached hydrogen (secondary N) is 1. The standard InChI is InChI=1S/C10H13F3N4O2/c1-6-3-16(2)15-7(6)14-8(18)17-4-9(19,5-17)10(11,12)13/h3,19H,4-5H2,1-2H3,(H,14,15,18). The molecule has 0 aromatic carbocycles. The lowest BCUT2D eigenvalue weighted by Gasteiger charge is -2.46. The van der Waals surface area contributed by atoms with E-state index < -0.39 is 30.9 Å². The molecule has 0 radical (unpaired) electrons. The van der Waals surface area contributed by atoms with Crippen LogP contribution in [0.5, 0.6) is 0 Å².